The summed E-state index contributed by atoms with van der Waals surface area (Å²) in [6.07, 6.45) is 5.10. The van der Waals surface area contributed by atoms with Crippen molar-refractivity contribution in [3.05, 3.63) is 23.8 Å². The first-order valence-electron chi connectivity index (χ1n) is 7.29. The molecule has 0 spiro atoms. The lowest BCUT2D eigenvalue weighted by molar-refractivity contribution is -0.114. The summed E-state index contributed by atoms with van der Waals surface area (Å²) in [5, 5.41) is 2.62. The van der Waals surface area contributed by atoms with E-state index in [4.69, 9.17) is 0 Å². The van der Waals surface area contributed by atoms with Gasteiger partial charge in [-0.05, 0) is 37.5 Å². The topological polar surface area (TPSA) is 75.3 Å². The number of nitrogens with one attached hydrogen (secondary N) is 2. The van der Waals surface area contributed by atoms with Crippen LogP contribution < -0.4 is 10.0 Å². The molecule has 21 heavy (non-hydrogen) atoms. The number of sulfonamides is 1. The van der Waals surface area contributed by atoms with Gasteiger partial charge in [0.1, 0.15) is 0 Å². The molecule has 0 bridgehead atoms. The summed E-state index contributed by atoms with van der Waals surface area (Å²) in [6, 6.07) is 4.95. The summed E-state index contributed by atoms with van der Waals surface area (Å²) in [6.45, 7) is 3.15. The Morgan fingerprint density at radius 3 is 2.48 bits per heavy atom. The second kappa shape index (κ2) is 6.58. The van der Waals surface area contributed by atoms with Crippen LogP contribution in [0.3, 0.4) is 0 Å². The third kappa shape index (κ3) is 4.28. The smallest absolute Gasteiger partial charge is 0.241 e. The van der Waals surface area contributed by atoms with Crippen LogP contribution in [0, 0.1) is 6.92 Å². The van der Waals surface area contributed by atoms with Gasteiger partial charge in [0.15, 0.2) is 0 Å². The quantitative estimate of drug-likeness (QED) is 0.897. The number of carbonyl (C=O) groups excluding carboxylic acids is 1. The van der Waals surface area contributed by atoms with Gasteiger partial charge in [-0.25, -0.2) is 13.1 Å². The van der Waals surface area contributed by atoms with Crippen LogP contribution in [-0.2, 0) is 14.8 Å². The highest BCUT2D eigenvalue weighted by Gasteiger charge is 2.23. The molecule has 5 nitrogen and oxygen atoms in total. The van der Waals surface area contributed by atoms with E-state index in [0.717, 1.165) is 25.7 Å². The van der Waals surface area contributed by atoms with Crippen molar-refractivity contribution in [2.24, 2.45) is 0 Å². The molecule has 0 unspecified atom stereocenters. The van der Waals surface area contributed by atoms with Crippen molar-refractivity contribution < 1.29 is 13.2 Å². The van der Waals surface area contributed by atoms with E-state index in [2.05, 4.69) is 10.0 Å². The van der Waals surface area contributed by atoms with E-state index in [9.17, 15) is 13.2 Å². The third-order valence-corrected chi connectivity index (χ3v) is 5.39. The second-order valence-electron chi connectivity index (χ2n) is 5.62. The summed E-state index contributed by atoms with van der Waals surface area (Å²) >= 11 is 0. The Hall–Kier alpha value is -1.40. The summed E-state index contributed by atoms with van der Waals surface area (Å²) < 4.78 is 27.9. The molecule has 0 aliphatic heterocycles. The van der Waals surface area contributed by atoms with Crippen LogP contribution in [0.15, 0.2) is 23.1 Å². The summed E-state index contributed by atoms with van der Waals surface area (Å²) in [4.78, 5) is 11.3. The standard InChI is InChI=1S/C15H22N2O3S/c1-11-8-9-14(16-12(2)18)10-15(11)21(19,20)17-13-6-4-3-5-7-13/h8-10,13,17H,3-7H2,1-2H3,(H,16,18). The first-order chi connectivity index (χ1) is 9.88. The van der Waals surface area contributed by atoms with E-state index < -0.39 is 10.0 Å². The van der Waals surface area contributed by atoms with E-state index >= 15 is 0 Å². The van der Waals surface area contributed by atoms with Crippen molar-refractivity contribution >= 4 is 21.6 Å². The number of hydrogen-bond acceptors (Lipinski definition) is 3. The van der Waals surface area contributed by atoms with Crippen LogP contribution in [0.2, 0.25) is 0 Å². The lowest BCUT2D eigenvalue weighted by Gasteiger charge is -2.23. The molecule has 1 fully saturated rings. The molecule has 2 rings (SSSR count). The average Bonchev–Trinajstić information content (AvgIpc) is 2.41. The molecule has 0 heterocycles. The maximum atomic E-state index is 12.5. The summed E-state index contributed by atoms with van der Waals surface area (Å²) in [5.74, 6) is -0.220. The van der Waals surface area contributed by atoms with Crippen molar-refractivity contribution in [3.8, 4) is 0 Å². The first-order valence-corrected chi connectivity index (χ1v) is 8.77. The Morgan fingerprint density at radius 2 is 1.86 bits per heavy atom. The molecule has 0 aromatic heterocycles. The van der Waals surface area contributed by atoms with E-state index in [-0.39, 0.29) is 16.8 Å². The maximum absolute atomic E-state index is 12.5. The zero-order valence-corrected chi connectivity index (χ0v) is 13.3. The number of anilines is 1. The molecule has 6 heteroatoms. The Labute approximate surface area is 126 Å². The predicted molar refractivity (Wildman–Crippen MR) is 82.7 cm³/mol. The van der Waals surface area contributed by atoms with Gasteiger partial charge >= 0.3 is 0 Å². The van der Waals surface area contributed by atoms with Crippen LogP contribution >= 0.6 is 0 Å². The van der Waals surface area contributed by atoms with Crippen molar-refractivity contribution in [3.63, 3.8) is 0 Å². The molecule has 2 N–H and O–H groups in total. The largest absolute Gasteiger partial charge is 0.326 e. The van der Waals surface area contributed by atoms with Crippen molar-refractivity contribution in [2.45, 2.75) is 56.9 Å². The van der Waals surface area contributed by atoms with Gasteiger partial charge in [0, 0.05) is 18.7 Å². The minimum absolute atomic E-state index is 0.0209. The Balaban J connectivity index is 2.23. The normalized spacial score (nSPS) is 16.7. The fourth-order valence-electron chi connectivity index (χ4n) is 2.67. The van der Waals surface area contributed by atoms with Crippen LogP contribution in [0.25, 0.3) is 0 Å². The highest BCUT2D eigenvalue weighted by molar-refractivity contribution is 7.89. The Bertz CT molecular complexity index is 620. The van der Waals surface area contributed by atoms with Gasteiger partial charge < -0.3 is 5.32 Å². The number of carbonyl (C=O) groups is 1. The predicted octanol–water partition coefficient (Wildman–Crippen LogP) is 2.56. The average molecular weight is 310 g/mol. The number of aryl methyl sites for hydroxylation is 1. The summed E-state index contributed by atoms with van der Waals surface area (Å²) in [7, 11) is -3.55. The van der Waals surface area contributed by atoms with Gasteiger partial charge in [-0.1, -0.05) is 25.3 Å². The molecule has 0 radical (unpaired) electrons. The van der Waals surface area contributed by atoms with Crippen molar-refractivity contribution in [1.82, 2.24) is 4.72 Å². The minimum atomic E-state index is -3.55. The first kappa shape index (κ1) is 16.0. The molecule has 1 amide bonds. The van der Waals surface area contributed by atoms with E-state index in [1.165, 1.54) is 19.4 Å². The molecule has 1 aliphatic rings. The van der Waals surface area contributed by atoms with Gasteiger partial charge in [0.05, 0.1) is 4.90 Å². The monoisotopic (exact) mass is 310 g/mol. The highest BCUT2D eigenvalue weighted by atomic mass is 32.2. The molecule has 1 saturated carbocycles. The lowest BCUT2D eigenvalue weighted by Crippen LogP contribution is -2.36. The molecule has 0 saturated heterocycles. The second-order valence-corrected chi connectivity index (χ2v) is 7.30. The molecular formula is C15H22N2O3S. The van der Waals surface area contributed by atoms with Gasteiger partial charge in [0.2, 0.25) is 15.9 Å². The fraction of sp³-hybridized carbons (Fsp3) is 0.533. The number of rotatable bonds is 4. The lowest BCUT2D eigenvalue weighted by atomic mass is 9.96. The Kier molecular flexibility index (Phi) is 5.00. The minimum Gasteiger partial charge on any atom is -0.326 e. The van der Waals surface area contributed by atoms with Crippen LogP contribution in [0.5, 0.6) is 0 Å². The van der Waals surface area contributed by atoms with Gasteiger partial charge in [-0.3, -0.25) is 4.79 Å². The molecule has 1 aromatic rings. The van der Waals surface area contributed by atoms with Crippen molar-refractivity contribution in [2.75, 3.05) is 5.32 Å². The van der Waals surface area contributed by atoms with Gasteiger partial charge in [0.25, 0.3) is 0 Å². The van der Waals surface area contributed by atoms with E-state index in [1.807, 2.05) is 0 Å². The van der Waals surface area contributed by atoms with E-state index in [1.54, 1.807) is 19.1 Å². The van der Waals surface area contributed by atoms with Crippen LogP contribution in [0.4, 0.5) is 5.69 Å². The molecule has 1 aromatic carbocycles. The summed E-state index contributed by atoms with van der Waals surface area (Å²) in [5.41, 5.74) is 1.17. The Morgan fingerprint density at radius 1 is 1.19 bits per heavy atom. The van der Waals surface area contributed by atoms with Crippen LogP contribution in [-0.4, -0.2) is 20.4 Å². The zero-order chi connectivity index (χ0) is 15.5. The number of amides is 1. The van der Waals surface area contributed by atoms with Crippen LogP contribution in [0.1, 0.15) is 44.6 Å². The van der Waals surface area contributed by atoms with Crippen molar-refractivity contribution in [1.29, 1.82) is 0 Å². The number of hydrogen-bond donors (Lipinski definition) is 2. The fourth-order valence-corrected chi connectivity index (χ4v) is 4.25. The van der Waals surface area contributed by atoms with Gasteiger partial charge in [-0.15, -0.1) is 0 Å². The number of benzene rings is 1. The third-order valence-electron chi connectivity index (χ3n) is 3.73. The molecule has 116 valence electrons. The molecular weight excluding hydrogens is 288 g/mol. The zero-order valence-electron chi connectivity index (χ0n) is 12.5. The highest BCUT2D eigenvalue weighted by Crippen LogP contribution is 2.23. The maximum Gasteiger partial charge on any atom is 0.241 e. The molecule has 0 atom stereocenters. The van der Waals surface area contributed by atoms with Gasteiger partial charge in [-0.2, -0.15) is 0 Å². The molecule has 1 aliphatic carbocycles. The van der Waals surface area contributed by atoms with E-state index in [0.29, 0.717) is 11.3 Å². The SMILES string of the molecule is CC(=O)Nc1ccc(C)c(S(=O)(=O)NC2CCCCC2)c1.